The Labute approximate surface area is 121 Å². The molecule has 0 bridgehead atoms. The fourth-order valence-corrected chi connectivity index (χ4v) is 2.16. The molecule has 2 nitrogen and oxygen atoms in total. The summed E-state index contributed by atoms with van der Waals surface area (Å²) in [6, 6.07) is 0. The number of hydrogen-bond donors (Lipinski definition) is 1. The van der Waals surface area contributed by atoms with Crippen molar-refractivity contribution in [1.82, 2.24) is 0 Å². The Kier molecular flexibility index (Phi) is 6.96. The zero-order valence-corrected chi connectivity index (χ0v) is 12.8. The highest BCUT2D eigenvalue weighted by Gasteiger charge is 2.18. The summed E-state index contributed by atoms with van der Waals surface area (Å²) in [7, 11) is 1.70. The highest BCUT2D eigenvalue weighted by atomic mass is 35.5. The number of allylic oxidation sites excluding steroid dienone is 4. The lowest BCUT2D eigenvalue weighted by molar-refractivity contribution is 0.289. The highest BCUT2D eigenvalue weighted by Crippen LogP contribution is 2.33. The van der Waals surface area contributed by atoms with E-state index in [1.165, 1.54) is 12.0 Å². The normalized spacial score (nSPS) is 17.3. The van der Waals surface area contributed by atoms with Gasteiger partial charge in [-0.2, -0.15) is 0 Å². The predicted octanol–water partition coefficient (Wildman–Crippen LogP) is 4.47. The van der Waals surface area contributed by atoms with E-state index in [0.29, 0.717) is 5.03 Å². The van der Waals surface area contributed by atoms with Crippen molar-refractivity contribution in [3.8, 4) is 0 Å². The van der Waals surface area contributed by atoms with Gasteiger partial charge >= 0.3 is 0 Å². The third-order valence-electron chi connectivity index (χ3n) is 3.23. The molecule has 0 radical (unpaired) electrons. The average molecular weight is 283 g/mol. The van der Waals surface area contributed by atoms with Crippen LogP contribution in [0.4, 0.5) is 0 Å². The van der Waals surface area contributed by atoms with Crippen molar-refractivity contribution in [2.24, 2.45) is 0 Å². The Morgan fingerprint density at radius 1 is 1.42 bits per heavy atom. The van der Waals surface area contributed by atoms with E-state index in [1.54, 1.807) is 13.2 Å². The largest absolute Gasteiger partial charge is 0.496 e. The van der Waals surface area contributed by atoms with Crippen LogP contribution in [-0.4, -0.2) is 18.8 Å². The van der Waals surface area contributed by atoms with Crippen molar-refractivity contribution in [3.63, 3.8) is 0 Å². The first kappa shape index (κ1) is 16.1. The average Bonchev–Trinajstić information content (AvgIpc) is 2.37. The van der Waals surface area contributed by atoms with Gasteiger partial charge in [0.05, 0.1) is 13.7 Å². The highest BCUT2D eigenvalue weighted by molar-refractivity contribution is 6.32. The van der Waals surface area contributed by atoms with E-state index in [9.17, 15) is 5.11 Å². The van der Waals surface area contributed by atoms with Gasteiger partial charge in [0.1, 0.15) is 5.76 Å². The van der Waals surface area contributed by atoms with E-state index in [1.807, 2.05) is 13.0 Å². The van der Waals surface area contributed by atoms with Crippen LogP contribution in [0, 0.1) is 0 Å². The molecule has 0 atom stereocenters. The van der Waals surface area contributed by atoms with E-state index < -0.39 is 0 Å². The Morgan fingerprint density at radius 3 is 2.47 bits per heavy atom. The molecule has 0 unspecified atom stereocenters. The fraction of sp³-hybridized carbons (Fsp3) is 0.500. The summed E-state index contributed by atoms with van der Waals surface area (Å²) in [5, 5.41) is 10.0. The number of aliphatic hydroxyl groups is 1. The first-order valence-corrected chi connectivity index (χ1v) is 7.15. The monoisotopic (exact) mass is 282 g/mol. The molecule has 1 N–H and O–H groups in total. The minimum absolute atomic E-state index is 0.0729. The number of rotatable bonds is 6. The van der Waals surface area contributed by atoms with Gasteiger partial charge in [-0.3, -0.25) is 0 Å². The van der Waals surface area contributed by atoms with Gasteiger partial charge in [0.2, 0.25) is 0 Å². The van der Waals surface area contributed by atoms with Crippen LogP contribution in [0.3, 0.4) is 0 Å². The first-order chi connectivity index (χ1) is 9.17. The second-order valence-electron chi connectivity index (χ2n) is 4.52. The molecule has 0 heterocycles. The molecule has 0 aromatic rings. The van der Waals surface area contributed by atoms with Gasteiger partial charge in [-0.15, -0.1) is 0 Å². The number of halogens is 1. The van der Waals surface area contributed by atoms with Crippen LogP contribution < -0.4 is 0 Å². The lowest BCUT2D eigenvalue weighted by Gasteiger charge is -2.22. The van der Waals surface area contributed by atoms with Crippen molar-refractivity contribution >= 4 is 11.6 Å². The molecule has 0 aliphatic heterocycles. The Morgan fingerprint density at radius 2 is 2.11 bits per heavy atom. The van der Waals surface area contributed by atoms with Crippen molar-refractivity contribution in [3.05, 3.63) is 45.7 Å². The molecule has 19 heavy (non-hydrogen) atoms. The van der Waals surface area contributed by atoms with Crippen molar-refractivity contribution in [2.75, 3.05) is 13.7 Å². The zero-order valence-electron chi connectivity index (χ0n) is 12.0. The van der Waals surface area contributed by atoms with Crippen LogP contribution in [0.5, 0.6) is 0 Å². The first-order valence-electron chi connectivity index (χ1n) is 6.78. The van der Waals surface area contributed by atoms with Crippen LogP contribution in [0.1, 0.15) is 39.5 Å². The lowest BCUT2D eigenvalue weighted by atomic mass is 9.88. The SMILES string of the molecule is C\C=C(Cl)/C(=C\C(=C\CC)C(OC)=C1CCC1)CO. The van der Waals surface area contributed by atoms with Gasteiger partial charge in [-0.25, -0.2) is 0 Å². The molecule has 0 aromatic carbocycles. The van der Waals surface area contributed by atoms with Gasteiger partial charge in [0.15, 0.2) is 0 Å². The number of hydrogen-bond acceptors (Lipinski definition) is 2. The third kappa shape index (κ3) is 4.26. The smallest absolute Gasteiger partial charge is 0.124 e. The van der Waals surface area contributed by atoms with E-state index in [0.717, 1.165) is 36.2 Å². The molecule has 1 aliphatic carbocycles. The summed E-state index contributed by atoms with van der Waals surface area (Å²) < 4.78 is 5.55. The quantitative estimate of drug-likeness (QED) is 0.575. The maximum absolute atomic E-state index is 9.43. The summed E-state index contributed by atoms with van der Waals surface area (Å²) in [6.45, 7) is 3.87. The van der Waals surface area contributed by atoms with Gasteiger partial charge in [-0.1, -0.05) is 30.7 Å². The summed E-state index contributed by atoms with van der Waals surface area (Å²) in [5.41, 5.74) is 3.09. The second-order valence-corrected chi connectivity index (χ2v) is 4.93. The Bertz CT molecular complexity index is 422. The molecule has 0 amide bonds. The molecule has 0 saturated heterocycles. The fourth-order valence-electron chi connectivity index (χ4n) is 2.05. The minimum Gasteiger partial charge on any atom is -0.496 e. The topological polar surface area (TPSA) is 29.5 Å². The van der Waals surface area contributed by atoms with E-state index in [-0.39, 0.29) is 6.61 Å². The van der Waals surface area contributed by atoms with Gasteiger partial charge in [-0.05, 0) is 49.8 Å². The van der Waals surface area contributed by atoms with Gasteiger partial charge in [0.25, 0.3) is 0 Å². The minimum atomic E-state index is -0.0729. The lowest BCUT2D eigenvalue weighted by Crippen LogP contribution is -2.06. The van der Waals surface area contributed by atoms with Crippen molar-refractivity contribution in [1.29, 1.82) is 0 Å². The van der Waals surface area contributed by atoms with Crippen LogP contribution in [0.15, 0.2) is 45.7 Å². The number of aliphatic hydroxyl groups excluding tert-OH is 1. The molecule has 3 heteroatoms. The molecular formula is C16H23ClO2. The molecule has 0 spiro atoms. The van der Waals surface area contributed by atoms with E-state index >= 15 is 0 Å². The van der Waals surface area contributed by atoms with Crippen LogP contribution in [0.25, 0.3) is 0 Å². The molecule has 1 saturated carbocycles. The standard InChI is InChI=1S/C16H23ClO2/c1-4-7-13(10-14(11-18)15(17)5-2)16(19-3)12-8-6-9-12/h5,7,10,18H,4,6,8-9,11H2,1-3H3/b13-7-,14-10-,15-5+. The summed E-state index contributed by atoms with van der Waals surface area (Å²) >= 11 is 6.10. The molecule has 1 fully saturated rings. The summed E-state index contributed by atoms with van der Waals surface area (Å²) in [5.74, 6) is 0.944. The number of ether oxygens (including phenoxy) is 1. The zero-order chi connectivity index (χ0) is 14.3. The predicted molar refractivity (Wildman–Crippen MR) is 81.0 cm³/mol. The molecular weight excluding hydrogens is 260 g/mol. The molecule has 1 rings (SSSR count). The van der Waals surface area contributed by atoms with Crippen molar-refractivity contribution < 1.29 is 9.84 Å². The summed E-state index contributed by atoms with van der Waals surface area (Å²) in [6.07, 6.45) is 10.2. The molecule has 106 valence electrons. The van der Waals surface area contributed by atoms with E-state index in [4.69, 9.17) is 16.3 Å². The van der Waals surface area contributed by atoms with Crippen LogP contribution in [0.2, 0.25) is 0 Å². The molecule has 0 aromatic heterocycles. The summed E-state index contributed by atoms with van der Waals surface area (Å²) in [4.78, 5) is 0. The van der Waals surface area contributed by atoms with E-state index in [2.05, 4.69) is 13.0 Å². The van der Waals surface area contributed by atoms with Gasteiger partial charge in [0, 0.05) is 10.6 Å². The Balaban J connectivity index is 3.14. The van der Waals surface area contributed by atoms with Gasteiger partial charge < -0.3 is 9.84 Å². The van der Waals surface area contributed by atoms with Crippen LogP contribution in [-0.2, 0) is 4.74 Å². The maximum Gasteiger partial charge on any atom is 0.124 e. The Hall–Kier alpha value is -0.990. The second kappa shape index (κ2) is 8.23. The third-order valence-corrected chi connectivity index (χ3v) is 3.69. The van der Waals surface area contributed by atoms with Crippen molar-refractivity contribution in [2.45, 2.75) is 39.5 Å². The maximum atomic E-state index is 9.43. The van der Waals surface area contributed by atoms with Crippen LogP contribution >= 0.6 is 11.6 Å². The number of methoxy groups -OCH3 is 1. The molecule has 1 aliphatic rings.